The van der Waals surface area contributed by atoms with Crippen molar-refractivity contribution in [2.24, 2.45) is 10.7 Å². The number of anilines is 1. The number of nitrogens with one attached hydrogen (secondary N) is 2. The molecule has 1 aliphatic heterocycles. The molecule has 0 spiro atoms. The fourth-order valence-corrected chi connectivity index (χ4v) is 3.16. The van der Waals surface area contributed by atoms with Crippen LogP contribution in [0, 0.1) is 11.8 Å². The van der Waals surface area contributed by atoms with E-state index in [4.69, 9.17) is 15.2 Å². The summed E-state index contributed by atoms with van der Waals surface area (Å²) in [4.78, 5) is 20.8. The predicted octanol–water partition coefficient (Wildman–Crippen LogP) is 2.00. The molecular formula is C23H27N5O3. The van der Waals surface area contributed by atoms with E-state index in [1.165, 1.54) is 6.08 Å². The third kappa shape index (κ3) is 5.08. The number of aromatic nitrogens is 1. The molecule has 8 nitrogen and oxygen atoms in total. The number of amidine groups is 1. The van der Waals surface area contributed by atoms with E-state index in [1.54, 1.807) is 26.5 Å². The molecule has 0 aliphatic carbocycles. The number of H-pyrrole nitrogens is 1. The summed E-state index contributed by atoms with van der Waals surface area (Å²) in [5.41, 5.74) is 9.17. The second kappa shape index (κ2) is 9.87. The minimum absolute atomic E-state index is 0.276. The van der Waals surface area contributed by atoms with Crippen molar-refractivity contribution in [2.45, 2.75) is 19.9 Å². The molecule has 0 amide bonds. The minimum atomic E-state index is 0.276. The number of rotatable bonds is 7. The number of carbonyl (C=O) groups is 1. The van der Waals surface area contributed by atoms with Crippen molar-refractivity contribution in [1.29, 1.82) is 0 Å². The van der Waals surface area contributed by atoms with Crippen molar-refractivity contribution < 1.29 is 14.3 Å². The lowest BCUT2D eigenvalue weighted by molar-refractivity contribution is -0.104. The van der Waals surface area contributed by atoms with E-state index >= 15 is 0 Å². The van der Waals surface area contributed by atoms with E-state index in [-0.39, 0.29) is 6.04 Å². The Balaban J connectivity index is 1.96. The van der Waals surface area contributed by atoms with Gasteiger partial charge in [0.15, 0.2) is 0 Å². The van der Waals surface area contributed by atoms with Gasteiger partial charge in [0.2, 0.25) is 0 Å². The van der Waals surface area contributed by atoms with Crippen LogP contribution in [0.2, 0.25) is 0 Å². The molecule has 0 saturated carbocycles. The number of aromatic amines is 1. The maximum Gasteiger partial charge on any atom is 0.144 e. The largest absolute Gasteiger partial charge is 0.497 e. The fraction of sp³-hybridized carbons (Fsp3) is 0.304. The highest BCUT2D eigenvalue weighted by molar-refractivity contribution is 6.06. The van der Waals surface area contributed by atoms with Crippen LogP contribution in [-0.4, -0.2) is 50.6 Å². The number of aliphatic imine (C=N–C) groups is 1. The van der Waals surface area contributed by atoms with E-state index in [9.17, 15) is 4.79 Å². The number of methoxy groups -OCH3 is 2. The Morgan fingerprint density at radius 2 is 2.00 bits per heavy atom. The molecule has 1 aromatic carbocycles. The molecule has 31 heavy (non-hydrogen) atoms. The number of allylic oxidation sites excluding steroid dienone is 1. The van der Waals surface area contributed by atoms with Crippen molar-refractivity contribution in [2.75, 3.05) is 32.3 Å². The van der Waals surface area contributed by atoms with Crippen LogP contribution in [0.3, 0.4) is 0 Å². The molecular weight excluding hydrogens is 394 g/mol. The Morgan fingerprint density at radius 1 is 1.29 bits per heavy atom. The van der Waals surface area contributed by atoms with E-state index < -0.39 is 0 Å². The molecule has 2 aromatic rings. The third-order valence-electron chi connectivity index (χ3n) is 4.76. The number of fused-ring (bicyclic) bond motifs is 1. The summed E-state index contributed by atoms with van der Waals surface area (Å²) < 4.78 is 10.6. The van der Waals surface area contributed by atoms with Crippen LogP contribution in [0.25, 0.3) is 0 Å². The van der Waals surface area contributed by atoms with Gasteiger partial charge in [0, 0.05) is 36.1 Å². The highest BCUT2D eigenvalue weighted by Gasteiger charge is 2.25. The van der Waals surface area contributed by atoms with Gasteiger partial charge in [0.25, 0.3) is 0 Å². The normalized spacial score (nSPS) is 13.3. The maximum atomic E-state index is 11.2. The van der Waals surface area contributed by atoms with Crippen LogP contribution in [0.4, 0.5) is 5.82 Å². The first-order valence-electron chi connectivity index (χ1n) is 9.88. The molecule has 0 atom stereocenters. The summed E-state index contributed by atoms with van der Waals surface area (Å²) in [5.74, 6) is 8.78. The highest BCUT2D eigenvalue weighted by atomic mass is 16.5. The number of ether oxygens (including phenoxy) is 2. The Kier molecular flexibility index (Phi) is 7.00. The number of hydrogen-bond donors (Lipinski definition) is 3. The average molecular weight is 422 g/mol. The minimum Gasteiger partial charge on any atom is -0.497 e. The first-order valence-corrected chi connectivity index (χ1v) is 9.88. The topological polar surface area (TPSA) is 105 Å². The first kappa shape index (κ1) is 22.0. The monoisotopic (exact) mass is 421 g/mol. The van der Waals surface area contributed by atoms with Crippen molar-refractivity contribution in [3.63, 3.8) is 0 Å². The van der Waals surface area contributed by atoms with E-state index in [1.807, 2.05) is 30.9 Å². The van der Waals surface area contributed by atoms with Gasteiger partial charge in [-0.2, -0.15) is 0 Å². The number of carbonyl (C=O) groups excluding carboxylic acids is 1. The van der Waals surface area contributed by atoms with Crippen molar-refractivity contribution in [1.82, 2.24) is 10.3 Å². The molecule has 8 heteroatoms. The molecule has 0 radical (unpaired) electrons. The van der Waals surface area contributed by atoms with Crippen LogP contribution >= 0.6 is 0 Å². The Morgan fingerprint density at radius 3 is 2.61 bits per heavy atom. The second-order valence-corrected chi connectivity index (χ2v) is 7.22. The summed E-state index contributed by atoms with van der Waals surface area (Å²) in [7, 11) is 3.19. The summed E-state index contributed by atoms with van der Waals surface area (Å²) in [6.45, 7) is 4.94. The second-order valence-electron chi connectivity index (χ2n) is 7.22. The number of aldehydes is 1. The summed E-state index contributed by atoms with van der Waals surface area (Å²) in [5, 5.41) is 3.33. The van der Waals surface area contributed by atoms with E-state index in [0.29, 0.717) is 36.1 Å². The number of nitrogens with zero attached hydrogens (tertiary/aromatic N) is 2. The molecule has 3 rings (SSSR count). The average Bonchev–Trinajstić information content (AvgIpc) is 3.20. The predicted molar refractivity (Wildman–Crippen MR) is 122 cm³/mol. The van der Waals surface area contributed by atoms with Gasteiger partial charge in [0.1, 0.15) is 36.1 Å². The van der Waals surface area contributed by atoms with Crippen molar-refractivity contribution in [3.05, 3.63) is 52.9 Å². The molecule has 4 N–H and O–H groups in total. The Labute approximate surface area is 182 Å². The Bertz CT molecular complexity index is 1050. The molecule has 0 saturated heterocycles. The Hall–Kier alpha value is -3.70. The van der Waals surface area contributed by atoms with Crippen LogP contribution in [0.1, 0.15) is 30.5 Å². The van der Waals surface area contributed by atoms with Crippen LogP contribution in [-0.2, 0) is 4.79 Å². The van der Waals surface area contributed by atoms with Gasteiger partial charge in [-0.05, 0) is 18.2 Å². The van der Waals surface area contributed by atoms with Gasteiger partial charge in [-0.1, -0.05) is 25.7 Å². The molecule has 2 heterocycles. The fourth-order valence-electron chi connectivity index (χ4n) is 3.16. The molecule has 0 bridgehead atoms. The van der Waals surface area contributed by atoms with E-state index in [0.717, 1.165) is 28.9 Å². The lowest BCUT2D eigenvalue weighted by Gasteiger charge is -2.29. The number of nitrogens with two attached hydrogens (primary N) is 1. The molecule has 1 aliphatic rings. The first-order chi connectivity index (χ1) is 15.0. The summed E-state index contributed by atoms with van der Waals surface area (Å²) in [6, 6.07) is 5.73. The van der Waals surface area contributed by atoms with E-state index in [2.05, 4.69) is 27.1 Å². The molecule has 162 valence electrons. The summed E-state index contributed by atoms with van der Waals surface area (Å²) in [6.07, 6.45) is 4.10. The molecule has 0 fully saturated rings. The van der Waals surface area contributed by atoms with Gasteiger partial charge in [-0.3, -0.25) is 4.79 Å². The summed E-state index contributed by atoms with van der Waals surface area (Å²) >= 11 is 0. The zero-order valence-corrected chi connectivity index (χ0v) is 18.2. The van der Waals surface area contributed by atoms with Gasteiger partial charge in [0.05, 0.1) is 25.3 Å². The SMILES string of the molecule is COc1cc(C#Cc2c[nH]c3c2C(N)=NCN3C(=CC=O)CNC(C)C)cc(OC)c1. The molecule has 0 unspecified atom stereocenters. The van der Waals surface area contributed by atoms with Gasteiger partial charge < -0.3 is 30.4 Å². The zero-order valence-electron chi connectivity index (χ0n) is 18.2. The maximum absolute atomic E-state index is 11.2. The highest BCUT2D eigenvalue weighted by Crippen LogP contribution is 2.29. The van der Waals surface area contributed by atoms with Gasteiger partial charge in [-0.15, -0.1) is 0 Å². The standard InChI is InChI=1S/C23H27N5O3/c1-15(2)25-13-18(7-8-29)28-14-27-22(24)21-17(12-26-23(21)28)6-5-16-9-19(30-3)11-20(10-16)31-4/h7-12,15,25-26H,13-14H2,1-4H3,(H2,24,27). The number of benzene rings is 1. The van der Waals surface area contributed by atoms with Gasteiger partial charge in [-0.25, -0.2) is 4.99 Å². The van der Waals surface area contributed by atoms with Crippen molar-refractivity contribution >= 4 is 17.9 Å². The van der Waals surface area contributed by atoms with Crippen LogP contribution in [0.5, 0.6) is 11.5 Å². The lowest BCUT2D eigenvalue weighted by Crippen LogP contribution is -2.37. The zero-order chi connectivity index (χ0) is 22.4. The lowest BCUT2D eigenvalue weighted by atomic mass is 10.1. The smallest absolute Gasteiger partial charge is 0.144 e. The molecule has 1 aromatic heterocycles. The number of hydrogen-bond acceptors (Lipinski definition) is 7. The quantitative estimate of drug-likeness (QED) is 0.359. The third-order valence-corrected chi connectivity index (χ3v) is 4.76. The van der Waals surface area contributed by atoms with Crippen LogP contribution in [0.15, 0.2) is 41.2 Å². The van der Waals surface area contributed by atoms with Gasteiger partial charge >= 0.3 is 0 Å². The van der Waals surface area contributed by atoms with Crippen LogP contribution < -0.4 is 25.4 Å². The van der Waals surface area contributed by atoms with Crippen molar-refractivity contribution in [3.8, 4) is 23.3 Å².